The quantitative estimate of drug-likeness (QED) is 0.527. The third-order valence-corrected chi connectivity index (χ3v) is 2.77. The van der Waals surface area contributed by atoms with Crippen LogP contribution in [0.1, 0.15) is 19.6 Å². The van der Waals surface area contributed by atoms with Crippen molar-refractivity contribution in [2.75, 3.05) is 0 Å². The lowest BCUT2D eigenvalue weighted by Gasteiger charge is -1.96. The van der Waals surface area contributed by atoms with Gasteiger partial charge in [0.25, 0.3) is 0 Å². The Labute approximate surface area is 101 Å². The molecule has 0 amide bonds. The summed E-state index contributed by atoms with van der Waals surface area (Å²) in [6.45, 7) is 4.51. The summed E-state index contributed by atoms with van der Waals surface area (Å²) in [6.07, 6.45) is 1.26. The minimum absolute atomic E-state index is 0.0763. The number of rotatable bonds is 3. The van der Waals surface area contributed by atoms with Crippen molar-refractivity contribution >= 4 is 33.7 Å². The Hall–Kier alpha value is -1.43. The van der Waals surface area contributed by atoms with Crippen molar-refractivity contribution in [1.29, 1.82) is 0 Å². The fourth-order valence-electron chi connectivity index (χ4n) is 0.994. The summed E-state index contributed by atoms with van der Waals surface area (Å²) in [6, 6.07) is 0. The number of allylic oxidation sites excluding steroid dienone is 2. The molecular formula is C10H11BrN2O3. The molecule has 5 nitrogen and oxygen atoms in total. The van der Waals surface area contributed by atoms with E-state index in [-0.39, 0.29) is 17.1 Å². The second kappa shape index (κ2) is 5.07. The van der Waals surface area contributed by atoms with Gasteiger partial charge in [0.2, 0.25) is 5.82 Å². The molecule has 86 valence electrons. The molecule has 0 saturated heterocycles. The molecule has 0 aliphatic rings. The molecule has 0 spiro atoms. The molecule has 0 radical (unpaired) electrons. The Bertz CT molecular complexity index is 470. The number of hydrogen-bond donors (Lipinski definition) is 1. The van der Waals surface area contributed by atoms with Gasteiger partial charge in [-0.05, 0) is 36.7 Å². The lowest BCUT2D eigenvalue weighted by Crippen LogP contribution is -2.01. The molecule has 1 heterocycles. The molecule has 0 aromatic carbocycles. The number of ketones is 1. The summed E-state index contributed by atoms with van der Waals surface area (Å²) in [5, 5.41) is 12.9. The van der Waals surface area contributed by atoms with E-state index in [4.69, 9.17) is 4.52 Å². The van der Waals surface area contributed by atoms with E-state index in [9.17, 15) is 9.90 Å². The molecule has 1 N–H and O–H groups in total. The van der Waals surface area contributed by atoms with E-state index in [0.29, 0.717) is 16.1 Å². The van der Waals surface area contributed by atoms with E-state index >= 15 is 0 Å². The number of carbonyl (C=O) groups is 1. The third kappa shape index (κ3) is 2.79. The van der Waals surface area contributed by atoms with Crippen LogP contribution in [0.3, 0.4) is 0 Å². The summed E-state index contributed by atoms with van der Waals surface area (Å²) >= 11 is 3.24. The van der Waals surface area contributed by atoms with Crippen LogP contribution in [0.2, 0.25) is 0 Å². The number of aliphatic imine (C=N–C) groups is 1. The predicted octanol–water partition coefficient (Wildman–Crippen LogP) is 2.87. The van der Waals surface area contributed by atoms with E-state index in [1.807, 2.05) is 0 Å². The van der Waals surface area contributed by atoms with Crippen LogP contribution in [-0.4, -0.2) is 22.3 Å². The molecule has 0 atom stereocenters. The largest absolute Gasteiger partial charge is 0.512 e. The normalized spacial score (nSPS) is 13.0. The van der Waals surface area contributed by atoms with Gasteiger partial charge in [0, 0.05) is 6.21 Å². The Morgan fingerprint density at radius 1 is 1.56 bits per heavy atom. The van der Waals surface area contributed by atoms with E-state index in [1.54, 1.807) is 6.92 Å². The van der Waals surface area contributed by atoms with Crippen molar-refractivity contribution in [1.82, 2.24) is 5.16 Å². The highest BCUT2D eigenvalue weighted by Crippen LogP contribution is 2.27. The summed E-state index contributed by atoms with van der Waals surface area (Å²) in [5.74, 6) is 0.589. The van der Waals surface area contributed by atoms with Gasteiger partial charge in [-0.2, -0.15) is 0 Å². The standard InChI is InChI=1S/C10H11BrN2O3/c1-5(14)8(6(2)15)4-12-10-9(11)7(3)16-13-10/h4,14H,1-3H3/b8-5-,12-4?. The first kappa shape index (κ1) is 12.6. The van der Waals surface area contributed by atoms with Crippen LogP contribution in [0.25, 0.3) is 0 Å². The second-order valence-corrected chi connectivity index (χ2v) is 3.98. The predicted molar refractivity (Wildman–Crippen MR) is 63.1 cm³/mol. The number of hydrogen-bond acceptors (Lipinski definition) is 5. The minimum Gasteiger partial charge on any atom is -0.512 e. The van der Waals surface area contributed by atoms with Gasteiger partial charge < -0.3 is 9.63 Å². The number of aryl methyl sites for hydroxylation is 1. The molecular weight excluding hydrogens is 276 g/mol. The molecule has 1 aromatic heterocycles. The van der Waals surface area contributed by atoms with Gasteiger partial charge in [-0.1, -0.05) is 5.16 Å². The van der Waals surface area contributed by atoms with Crippen LogP contribution in [-0.2, 0) is 4.79 Å². The average Bonchev–Trinajstić information content (AvgIpc) is 2.48. The highest BCUT2D eigenvalue weighted by molar-refractivity contribution is 9.10. The highest BCUT2D eigenvalue weighted by atomic mass is 79.9. The van der Waals surface area contributed by atoms with Crippen LogP contribution in [0.15, 0.2) is 25.3 Å². The summed E-state index contributed by atoms with van der Waals surface area (Å²) in [4.78, 5) is 15.1. The van der Waals surface area contributed by atoms with Crippen molar-refractivity contribution in [3.05, 3.63) is 21.6 Å². The Morgan fingerprint density at radius 3 is 2.56 bits per heavy atom. The lowest BCUT2D eigenvalue weighted by atomic mass is 10.2. The van der Waals surface area contributed by atoms with E-state index in [1.165, 1.54) is 20.1 Å². The van der Waals surface area contributed by atoms with Gasteiger partial charge in [-0.3, -0.25) is 4.79 Å². The van der Waals surface area contributed by atoms with Gasteiger partial charge in [0.05, 0.1) is 5.57 Å². The maximum absolute atomic E-state index is 11.1. The molecule has 6 heteroatoms. The molecule has 0 saturated carbocycles. The Morgan fingerprint density at radius 2 is 2.19 bits per heavy atom. The minimum atomic E-state index is -0.264. The zero-order chi connectivity index (χ0) is 12.3. The number of carbonyl (C=O) groups excluding carboxylic acids is 1. The average molecular weight is 287 g/mol. The first-order valence-electron chi connectivity index (χ1n) is 4.50. The topological polar surface area (TPSA) is 75.7 Å². The summed E-state index contributed by atoms with van der Waals surface area (Å²) < 4.78 is 5.50. The Kier molecular flexibility index (Phi) is 4.00. The van der Waals surface area contributed by atoms with Crippen LogP contribution in [0.4, 0.5) is 5.82 Å². The fourth-order valence-corrected chi connectivity index (χ4v) is 1.24. The van der Waals surface area contributed by atoms with Crippen LogP contribution < -0.4 is 0 Å². The van der Waals surface area contributed by atoms with E-state index < -0.39 is 0 Å². The van der Waals surface area contributed by atoms with Crippen molar-refractivity contribution < 1.29 is 14.4 Å². The van der Waals surface area contributed by atoms with Crippen molar-refractivity contribution in [2.45, 2.75) is 20.8 Å². The van der Waals surface area contributed by atoms with E-state index in [0.717, 1.165) is 0 Å². The van der Waals surface area contributed by atoms with Crippen molar-refractivity contribution in [3.8, 4) is 0 Å². The van der Waals surface area contributed by atoms with Gasteiger partial charge in [0.1, 0.15) is 16.0 Å². The first-order valence-corrected chi connectivity index (χ1v) is 5.29. The SMILES string of the molecule is CC(=O)/C(C=Nc1noc(C)c1Br)=C(/C)O. The molecule has 1 aromatic rings. The number of halogens is 1. The smallest absolute Gasteiger partial charge is 0.209 e. The number of aromatic nitrogens is 1. The maximum Gasteiger partial charge on any atom is 0.209 e. The van der Waals surface area contributed by atoms with Crippen molar-refractivity contribution in [2.24, 2.45) is 4.99 Å². The number of aliphatic hydroxyl groups is 1. The van der Waals surface area contributed by atoms with E-state index in [2.05, 4.69) is 26.1 Å². The number of nitrogens with zero attached hydrogens (tertiary/aromatic N) is 2. The maximum atomic E-state index is 11.1. The second-order valence-electron chi connectivity index (χ2n) is 3.19. The molecule has 0 aliphatic carbocycles. The van der Waals surface area contributed by atoms with Gasteiger partial charge in [-0.25, -0.2) is 4.99 Å². The van der Waals surface area contributed by atoms with Gasteiger partial charge in [-0.15, -0.1) is 0 Å². The van der Waals surface area contributed by atoms with Gasteiger partial charge in [0.15, 0.2) is 5.78 Å². The molecule has 0 bridgehead atoms. The molecule has 16 heavy (non-hydrogen) atoms. The van der Waals surface area contributed by atoms with Crippen LogP contribution >= 0.6 is 15.9 Å². The zero-order valence-corrected chi connectivity index (χ0v) is 10.7. The monoisotopic (exact) mass is 286 g/mol. The third-order valence-electron chi connectivity index (χ3n) is 1.86. The molecule has 0 aliphatic heterocycles. The fraction of sp³-hybridized carbons (Fsp3) is 0.300. The number of aliphatic hydroxyl groups excluding tert-OH is 1. The zero-order valence-electron chi connectivity index (χ0n) is 9.11. The summed E-state index contributed by atoms with van der Waals surface area (Å²) in [7, 11) is 0. The molecule has 0 fully saturated rings. The first-order chi connectivity index (χ1) is 7.43. The highest BCUT2D eigenvalue weighted by Gasteiger charge is 2.09. The Balaban J connectivity index is 3.01. The number of Topliss-reactive ketones (excluding diaryl/α,β-unsaturated/α-hetero) is 1. The summed E-state index contributed by atoms with van der Waals surface area (Å²) in [5.41, 5.74) is 0.146. The van der Waals surface area contributed by atoms with Gasteiger partial charge >= 0.3 is 0 Å². The van der Waals surface area contributed by atoms with Crippen LogP contribution in [0, 0.1) is 6.92 Å². The van der Waals surface area contributed by atoms with Crippen molar-refractivity contribution in [3.63, 3.8) is 0 Å². The lowest BCUT2D eigenvalue weighted by molar-refractivity contribution is -0.113. The van der Waals surface area contributed by atoms with Crippen LogP contribution in [0.5, 0.6) is 0 Å². The molecule has 0 unspecified atom stereocenters. The molecule has 1 rings (SSSR count).